The molecule has 1 amide bonds. The Morgan fingerprint density at radius 1 is 1.14 bits per heavy atom. The van der Waals surface area contributed by atoms with Crippen LogP contribution in [0.4, 0.5) is 0 Å². The number of carbonyl (C=O) groups excluding carboxylic acids is 1. The number of nitrogens with one attached hydrogen (secondary N) is 1. The van der Waals surface area contributed by atoms with Gasteiger partial charge in [-0.05, 0) is 80.5 Å². The van der Waals surface area contributed by atoms with Gasteiger partial charge < -0.3 is 15.4 Å². The minimum atomic E-state index is -3.56. The van der Waals surface area contributed by atoms with Crippen LogP contribution >= 0.6 is 11.8 Å². The second-order valence-electron chi connectivity index (χ2n) is 7.40. The lowest BCUT2D eigenvalue weighted by atomic mass is 9.95. The first-order valence-corrected chi connectivity index (χ1v) is 12.4. The molecule has 7 nitrogen and oxygen atoms in total. The molecule has 0 radical (unpaired) electrons. The van der Waals surface area contributed by atoms with E-state index in [1.807, 2.05) is 11.8 Å². The Balaban J connectivity index is 1.45. The number of thioether (sulfide) groups is 1. The number of piperidine rings is 1. The van der Waals surface area contributed by atoms with Gasteiger partial charge in [0.25, 0.3) is 5.91 Å². The molecule has 0 atom stereocenters. The molecule has 0 spiro atoms. The summed E-state index contributed by atoms with van der Waals surface area (Å²) in [5.41, 5.74) is 5.03. The standard InChI is InChI=1S/C19H29N3O4S2/c20-19(23)14-26-17-1-3-18(4-2-17)28(24,25)21-13-15-5-9-22(10-6-15)16-7-11-27-12-8-16/h1-4,15-16,21H,5-14H2,(H2,20,23). The molecule has 0 aromatic heterocycles. The van der Waals surface area contributed by atoms with Crippen molar-refractivity contribution in [3.8, 4) is 5.75 Å². The van der Waals surface area contributed by atoms with Crippen molar-refractivity contribution in [1.82, 2.24) is 9.62 Å². The maximum atomic E-state index is 12.5. The lowest BCUT2D eigenvalue weighted by molar-refractivity contribution is -0.119. The number of amides is 1. The molecular formula is C19H29N3O4S2. The van der Waals surface area contributed by atoms with Crippen LogP contribution in [0.5, 0.6) is 5.75 Å². The molecule has 0 bridgehead atoms. The minimum absolute atomic E-state index is 0.191. The zero-order valence-corrected chi connectivity index (χ0v) is 17.6. The van der Waals surface area contributed by atoms with Crippen LogP contribution in [0.3, 0.4) is 0 Å². The van der Waals surface area contributed by atoms with Crippen LogP contribution in [0, 0.1) is 5.92 Å². The first-order valence-electron chi connectivity index (χ1n) is 9.76. The fraction of sp³-hybridized carbons (Fsp3) is 0.632. The Morgan fingerprint density at radius 3 is 2.39 bits per heavy atom. The lowest BCUT2D eigenvalue weighted by Gasteiger charge is -2.39. The van der Waals surface area contributed by atoms with Gasteiger partial charge in [0.2, 0.25) is 10.0 Å². The van der Waals surface area contributed by atoms with Crippen molar-refractivity contribution in [2.75, 3.05) is 37.7 Å². The third kappa shape index (κ3) is 6.10. The highest BCUT2D eigenvalue weighted by Crippen LogP contribution is 2.26. The van der Waals surface area contributed by atoms with Crippen LogP contribution in [-0.4, -0.2) is 63.0 Å². The third-order valence-electron chi connectivity index (χ3n) is 5.43. The first kappa shape index (κ1) is 21.4. The van der Waals surface area contributed by atoms with Gasteiger partial charge in [-0.2, -0.15) is 11.8 Å². The fourth-order valence-electron chi connectivity index (χ4n) is 3.75. The lowest BCUT2D eigenvalue weighted by Crippen LogP contribution is -2.44. The van der Waals surface area contributed by atoms with Gasteiger partial charge in [0, 0.05) is 12.6 Å². The van der Waals surface area contributed by atoms with Gasteiger partial charge in [0.1, 0.15) is 5.75 Å². The number of nitrogens with two attached hydrogens (primary N) is 1. The van der Waals surface area contributed by atoms with E-state index in [4.69, 9.17) is 10.5 Å². The van der Waals surface area contributed by atoms with Gasteiger partial charge in [-0.1, -0.05) is 0 Å². The highest BCUT2D eigenvalue weighted by Gasteiger charge is 2.27. The van der Waals surface area contributed by atoms with Crippen LogP contribution in [0.25, 0.3) is 0 Å². The van der Waals surface area contributed by atoms with Gasteiger partial charge in [-0.25, -0.2) is 13.1 Å². The SMILES string of the molecule is NC(=O)COc1ccc(S(=O)(=O)NCC2CCN(C3CCSCC3)CC2)cc1. The van der Waals surface area contributed by atoms with E-state index in [0.29, 0.717) is 24.3 Å². The maximum Gasteiger partial charge on any atom is 0.255 e. The summed E-state index contributed by atoms with van der Waals surface area (Å²) in [6.45, 7) is 2.36. The van der Waals surface area contributed by atoms with Crippen molar-refractivity contribution in [2.45, 2.75) is 36.6 Å². The molecule has 2 fully saturated rings. The van der Waals surface area contributed by atoms with Crippen LogP contribution in [0.15, 0.2) is 29.2 Å². The molecule has 2 saturated heterocycles. The largest absolute Gasteiger partial charge is 0.484 e. The van der Waals surface area contributed by atoms with E-state index in [9.17, 15) is 13.2 Å². The Labute approximate surface area is 171 Å². The average molecular weight is 428 g/mol. The van der Waals surface area contributed by atoms with E-state index in [2.05, 4.69) is 9.62 Å². The van der Waals surface area contributed by atoms with Crippen LogP contribution in [0.2, 0.25) is 0 Å². The molecule has 0 saturated carbocycles. The first-order chi connectivity index (χ1) is 13.4. The van der Waals surface area contributed by atoms with Gasteiger partial charge in [-0.15, -0.1) is 0 Å². The number of ether oxygens (including phenoxy) is 1. The molecule has 9 heteroatoms. The normalized spacial score (nSPS) is 20.1. The number of benzene rings is 1. The molecule has 2 aliphatic heterocycles. The number of primary amides is 1. The summed E-state index contributed by atoms with van der Waals surface area (Å²) in [5.74, 6) is 2.73. The molecule has 156 valence electrons. The highest BCUT2D eigenvalue weighted by atomic mass is 32.2. The quantitative estimate of drug-likeness (QED) is 0.651. The molecular weight excluding hydrogens is 398 g/mol. The second kappa shape index (κ2) is 9.96. The van der Waals surface area contributed by atoms with Gasteiger partial charge >= 0.3 is 0 Å². The van der Waals surface area contributed by atoms with E-state index in [0.717, 1.165) is 25.9 Å². The summed E-state index contributed by atoms with van der Waals surface area (Å²) in [7, 11) is -3.56. The molecule has 0 aliphatic carbocycles. The van der Waals surface area contributed by atoms with Gasteiger partial charge in [-0.3, -0.25) is 4.79 Å². The van der Waals surface area contributed by atoms with Crippen molar-refractivity contribution in [3.63, 3.8) is 0 Å². The molecule has 0 unspecified atom stereocenters. The number of sulfonamides is 1. The Hall–Kier alpha value is -1.29. The van der Waals surface area contributed by atoms with Crippen LogP contribution < -0.4 is 15.2 Å². The summed E-state index contributed by atoms with van der Waals surface area (Å²) < 4.78 is 32.9. The van der Waals surface area contributed by atoms with Crippen LogP contribution in [0.1, 0.15) is 25.7 Å². The Morgan fingerprint density at radius 2 is 1.79 bits per heavy atom. The summed E-state index contributed by atoms with van der Waals surface area (Å²) >= 11 is 2.04. The molecule has 1 aromatic carbocycles. The number of rotatable bonds is 8. The predicted octanol–water partition coefficient (Wildman–Crippen LogP) is 1.44. The molecule has 2 heterocycles. The fourth-order valence-corrected chi connectivity index (χ4v) is 5.95. The van der Waals surface area contributed by atoms with Crippen molar-refractivity contribution >= 4 is 27.7 Å². The van der Waals surface area contributed by atoms with Crippen LogP contribution in [-0.2, 0) is 14.8 Å². The van der Waals surface area contributed by atoms with Crippen molar-refractivity contribution in [2.24, 2.45) is 11.7 Å². The van der Waals surface area contributed by atoms with E-state index >= 15 is 0 Å². The second-order valence-corrected chi connectivity index (χ2v) is 10.4. The van der Waals surface area contributed by atoms with Crippen molar-refractivity contribution in [3.05, 3.63) is 24.3 Å². The van der Waals surface area contributed by atoms with E-state index < -0.39 is 15.9 Å². The number of hydrogen-bond acceptors (Lipinski definition) is 6. The van der Waals surface area contributed by atoms with Crippen molar-refractivity contribution in [1.29, 1.82) is 0 Å². The number of nitrogens with zero attached hydrogens (tertiary/aromatic N) is 1. The monoisotopic (exact) mass is 427 g/mol. The molecule has 1 aromatic rings. The molecule has 2 aliphatic rings. The van der Waals surface area contributed by atoms with E-state index in [-0.39, 0.29) is 11.5 Å². The van der Waals surface area contributed by atoms with E-state index in [1.165, 1.54) is 48.6 Å². The average Bonchev–Trinajstić information content (AvgIpc) is 2.72. The number of hydrogen-bond donors (Lipinski definition) is 2. The number of likely N-dealkylation sites (tertiary alicyclic amines) is 1. The van der Waals surface area contributed by atoms with Crippen molar-refractivity contribution < 1.29 is 17.9 Å². The zero-order chi connectivity index (χ0) is 20.0. The minimum Gasteiger partial charge on any atom is -0.484 e. The molecule has 3 N–H and O–H groups in total. The summed E-state index contributed by atoms with van der Waals surface area (Å²) in [4.78, 5) is 13.5. The third-order valence-corrected chi connectivity index (χ3v) is 7.92. The Kier molecular flexibility index (Phi) is 7.62. The van der Waals surface area contributed by atoms with Gasteiger partial charge in [0.15, 0.2) is 6.61 Å². The Bertz CT molecular complexity index is 741. The summed E-state index contributed by atoms with van der Waals surface area (Å²) in [6, 6.07) is 6.72. The summed E-state index contributed by atoms with van der Waals surface area (Å²) in [6.07, 6.45) is 4.63. The van der Waals surface area contributed by atoms with Gasteiger partial charge in [0.05, 0.1) is 4.90 Å². The topological polar surface area (TPSA) is 102 Å². The number of carbonyl (C=O) groups is 1. The summed E-state index contributed by atoms with van der Waals surface area (Å²) in [5, 5.41) is 0. The van der Waals surface area contributed by atoms with E-state index in [1.54, 1.807) is 0 Å². The molecule has 3 rings (SSSR count). The smallest absolute Gasteiger partial charge is 0.255 e. The zero-order valence-electron chi connectivity index (χ0n) is 16.0. The predicted molar refractivity (Wildman–Crippen MR) is 111 cm³/mol. The highest BCUT2D eigenvalue weighted by molar-refractivity contribution is 7.99. The molecule has 28 heavy (non-hydrogen) atoms. The maximum absolute atomic E-state index is 12.5.